The summed E-state index contributed by atoms with van der Waals surface area (Å²) in [6.07, 6.45) is 3.70. The summed E-state index contributed by atoms with van der Waals surface area (Å²) in [6.45, 7) is 6.76. The molecule has 1 heterocycles. The predicted molar refractivity (Wildman–Crippen MR) is 105 cm³/mol. The molecule has 3 rings (SSSR count). The number of carbonyl (C=O) groups is 1. The topological polar surface area (TPSA) is 56.1 Å². The van der Waals surface area contributed by atoms with E-state index < -0.39 is 0 Å². The van der Waals surface area contributed by atoms with Crippen LogP contribution in [0.3, 0.4) is 0 Å². The van der Waals surface area contributed by atoms with E-state index in [4.69, 9.17) is 0 Å². The van der Waals surface area contributed by atoms with Gasteiger partial charge in [-0.25, -0.2) is 0 Å². The molecule has 132 valence electrons. The summed E-state index contributed by atoms with van der Waals surface area (Å²) in [5, 5.41) is 12.4. The molecule has 0 atom stereocenters. The molecule has 0 saturated carbocycles. The van der Waals surface area contributed by atoms with Crippen molar-refractivity contribution in [2.45, 2.75) is 33.6 Å². The third-order valence-corrected chi connectivity index (χ3v) is 4.71. The molecule has 0 radical (unpaired) electrons. The van der Waals surface area contributed by atoms with Crippen LogP contribution < -0.4 is 10.2 Å². The van der Waals surface area contributed by atoms with Crippen LogP contribution in [0.2, 0.25) is 0 Å². The van der Waals surface area contributed by atoms with Gasteiger partial charge in [0, 0.05) is 24.1 Å². The molecular formula is C22H23N3O. The minimum absolute atomic E-state index is 0.112. The van der Waals surface area contributed by atoms with E-state index in [9.17, 15) is 10.1 Å². The smallest absolute Gasteiger partial charge is 0.267 e. The summed E-state index contributed by atoms with van der Waals surface area (Å²) in [4.78, 5) is 14.7. The van der Waals surface area contributed by atoms with Crippen molar-refractivity contribution in [1.82, 2.24) is 0 Å². The van der Waals surface area contributed by atoms with Crippen LogP contribution in [0.25, 0.3) is 0 Å². The first kappa shape index (κ1) is 17.8. The van der Waals surface area contributed by atoms with E-state index in [0.29, 0.717) is 0 Å². The maximum Gasteiger partial charge on any atom is 0.267 e. The van der Waals surface area contributed by atoms with Gasteiger partial charge in [-0.1, -0.05) is 35.9 Å². The Morgan fingerprint density at radius 2 is 1.88 bits per heavy atom. The van der Waals surface area contributed by atoms with E-state index in [1.807, 2.05) is 56.0 Å². The Morgan fingerprint density at radius 1 is 1.19 bits per heavy atom. The van der Waals surface area contributed by atoms with Crippen molar-refractivity contribution in [2.75, 3.05) is 16.8 Å². The largest absolute Gasteiger partial charge is 0.346 e. The average Bonchev–Trinajstić information content (AvgIpc) is 2.62. The van der Waals surface area contributed by atoms with Crippen molar-refractivity contribution < 1.29 is 4.79 Å². The molecule has 1 aliphatic rings. The Labute approximate surface area is 154 Å². The van der Waals surface area contributed by atoms with E-state index in [0.717, 1.165) is 47.5 Å². The number of nitrogens with one attached hydrogen (secondary N) is 1. The SMILES string of the molecule is Cc1cc(C)c(NC(=O)/C(C#N)=C\N2CCCc3ccccc32)c(C)c1. The number of nitrogens with zero attached hydrogens (tertiary/aromatic N) is 2. The number of nitriles is 1. The molecule has 0 saturated heterocycles. The van der Waals surface area contributed by atoms with Crippen LogP contribution in [-0.2, 0) is 11.2 Å². The maximum absolute atomic E-state index is 12.7. The molecule has 0 fully saturated rings. The van der Waals surface area contributed by atoms with Gasteiger partial charge in [-0.2, -0.15) is 5.26 Å². The summed E-state index contributed by atoms with van der Waals surface area (Å²) in [5.74, 6) is -0.370. The highest BCUT2D eigenvalue weighted by Crippen LogP contribution is 2.28. The van der Waals surface area contributed by atoms with Crippen molar-refractivity contribution in [1.29, 1.82) is 5.26 Å². The number of amides is 1. The van der Waals surface area contributed by atoms with E-state index in [2.05, 4.69) is 17.5 Å². The van der Waals surface area contributed by atoms with Gasteiger partial charge in [-0.15, -0.1) is 0 Å². The lowest BCUT2D eigenvalue weighted by molar-refractivity contribution is -0.112. The summed E-state index contributed by atoms with van der Waals surface area (Å²) >= 11 is 0. The highest BCUT2D eigenvalue weighted by atomic mass is 16.1. The molecule has 1 N–H and O–H groups in total. The first-order chi connectivity index (χ1) is 12.5. The van der Waals surface area contributed by atoms with E-state index in [-0.39, 0.29) is 11.5 Å². The van der Waals surface area contributed by atoms with E-state index >= 15 is 0 Å². The standard InChI is InChI=1S/C22H23N3O/c1-15-11-16(2)21(17(3)12-15)24-22(26)19(13-23)14-25-10-6-8-18-7-4-5-9-20(18)25/h4-5,7,9,11-12,14H,6,8,10H2,1-3H3,(H,24,26)/b19-14-. The van der Waals surface area contributed by atoms with Gasteiger partial charge in [0.25, 0.3) is 5.91 Å². The molecular weight excluding hydrogens is 322 g/mol. The van der Waals surface area contributed by atoms with Crippen molar-refractivity contribution in [3.05, 3.63) is 70.4 Å². The van der Waals surface area contributed by atoms with Crippen molar-refractivity contribution in [2.24, 2.45) is 0 Å². The van der Waals surface area contributed by atoms with Gasteiger partial charge in [0.2, 0.25) is 0 Å². The fourth-order valence-electron chi connectivity index (χ4n) is 3.55. The zero-order chi connectivity index (χ0) is 18.7. The van der Waals surface area contributed by atoms with Crippen LogP contribution in [0.5, 0.6) is 0 Å². The van der Waals surface area contributed by atoms with Crippen LogP contribution >= 0.6 is 0 Å². The monoisotopic (exact) mass is 345 g/mol. The second kappa shape index (κ2) is 7.45. The van der Waals surface area contributed by atoms with Gasteiger partial charge in [-0.3, -0.25) is 4.79 Å². The second-order valence-corrected chi connectivity index (χ2v) is 6.81. The Kier molecular flexibility index (Phi) is 5.09. The minimum atomic E-state index is -0.370. The summed E-state index contributed by atoms with van der Waals surface area (Å²) in [6, 6.07) is 14.2. The summed E-state index contributed by atoms with van der Waals surface area (Å²) in [5.41, 5.74) is 6.36. The van der Waals surface area contributed by atoms with Gasteiger partial charge in [0.05, 0.1) is 0 Å². The molecule has 4 nitrogen and oxygen atoms in total. The number of hydrogen-bond donors (Lipinski definition) is 1. The Hall–Kier alpha value is -3.06. The molecule has 0 aromatic heterocycles. The highest BCUT2D eigenvalue weighted by molar-refractivity contribution is 6.07. The fourth-order valence-corrected chi connectivity index (χ4v) is 3.55. The van der Waals surface area contributed by atoms with Gasteiger partial charge >= 0.3 is 0 Å². The van der Waals surface area contributed by atoms with Gasteiger partial charge in [0.1, 0.15) is 11.6 Å². The maximum atomic E-state index is 12.7. The molecule has 0 unspecified atom stereocenters. The third kappa shape index (κ3) is 3.62. The predicted octanol–water partition coefficient (Wildman–Crippen LogP) is 4.41. The third-order valence-electron chi connectivity index (χ3n) is 4.71. The zero-order valence-corrected chi connectivity index (χ0v) is 15.5. The second-order valence-electron chi connectivity index (χ2n) is 6.81. The quantitative estimate of drug-likeness (QED) is 0.662. The molecule has 4 heteroatoms. The molecule has 26 heavy (non-hydrogen) atoms. The van der Waals surface area contributed by atoms with Crippen molar-refractivity contribution in [3.63, 3.8) is 0 Å². The molecule has 2 aromatic carbocycles. The number of fused-ring (bicyclic) bond motifs is 1. The number of benzene rings is 2. The Balaban J connectivity index is 1.87. The molecule has 1 amide bonds. The van der Waals surface area contributed by atoms with Crippen LogP contribution in [0.1, 0.15) is 28.7 Å². The lowest BCUT2D eigenvalue weighted by Gasteiger charge is -2.28. The van der Waals surface area contributed by atoms with Crippen molar-refractivity contribution >= 4 is 17.3 Å². The lowest BCUT2D eigenvalue weighted by Crippen LogP contribution is -2.26. The fraction of sp³-hybridized carbons (Fsp3) is 0.273. The van der Waals surface area contributed by atoms with Crippen LogP contribution in [0.4, 0.5) is 11.4 Å². The van der Waals surface area contributed by atoms with Gasteiger partial charge in [0.15, 0.2) is 0 Å². The zero-order valence-electron chi connectivity index (χ0n) is 15.5. The number of carbonyl (C=O) groups excluding carboxylic acids is 1. The highest BCUT2D eigenvalue weighted by Gasteiger charge is 2.18. The molecule has 2 aromatic rings. The number of hydrogen-bond acceptors (Lipinski definition) is 3. The number of aryl methyl sites for hydroxylation is 4. The van der Waals surface area contributed by atoms with E-state index in [1.165, 1.54) is 5.56 Å². The first-order valence-electron chi connectivity index (χ1n) is 8.85. The summed E-state index contributed by atoms with van der Waals surface area (Å²) < 4.78 is 0. The van der Waals surface area contributed by atoms with Gasteiger partial charge in [-0.05, 0) is 56.4 Å². The molecule has 1 aliphatic heterocycles. The van der Waals surface area contributed by atoms with Crippen LogP contribution in [0, 0.1) is 32.1 Å². The van der Waals surface area contributed by atoms with Gasteiger partial charge < -0.3 is 10.2 Å². The Bertz CT molecular complexity index is 898. The normalized spacial score (nSPS) is 13.8. The number of rotatable bonds is 3. The molecule has 0 spiro atoms. The Morgan fingerprint density at radius 3 is 2.58 bits per heavy atom. The van der Waals surface area contributed by atoms with Crippen LogP contribution in [-0.4, -0.2) is 12.5 Å². The molecule has 0 bridgehead atoms. The lowest BCUT2D eigenvalue weighted by atomic mass is 10.0. The minimum Gasteiger partial charge on any atom is -0.346 e. The first-order valence-corrected chi connectivity index (χ1v) is 8.85. The number of para-hydroxylation sites is 1. The summed E-state index contributed by atoms with van der Waals surface area (Å²) in [7, 11) is 0. The number of anilines is 2. The van der Waals surface area contributed by atoms with Crippen molar-refractivity contribution in [3.8, 4) is 6.07 Å². The van der Waals surface area contributed by atoms with E-state index in [1.54, 1.807) is 6.20 Å². The van der Waals surface area contributed by atoms with Crippen LogP contribution in [0.15, 0.2) is 48.2 Å². The molecule has 0 aliphatic carbocycles. The average molecular weight is 345 g/mol.